The van der Waals surface area contributed by atoms with E-state index in [4.69, 9.17) is 9.47 Å². The molecule has 0 unspecified atom stereocenters. The highest BCUT2D eigenvalue weighted by Crippen LogP contribution is 2.27. The number of methoxy groups -OCH3 is 2. The maximum atomic E-state index is 5.37. The summed E-state index contributed by atoms with van der Waals surface area (Å²) in [5, 5.41) is 3.34. The van der Waals surface area contributed by atoms with Crippen LogP contribution in [0.5, 0.6) is 11.6 Å². The molecule has 0 radical (unpaired) electrons. The molecule has 0 aromatic carbocycles. The van der Waals surface area contributed by atoms with Gasteiger partial charge >= 0.3 is 0 Å². The highest BCUT2D eigenvalue weighted by Gasteiger charge is 2.16. The quantitative estimate of drug-likeness (QED) is 0.826. The molecule has 1 aliphatic heterocycles. The molecule has 1 fully saturated rings. The van der Waals surface area contributed by atoms with Crippen LogP contribution in [0.25, 0.3) is 0 Å². The Balaban J connectivity index is 2.16. The van der Waals surface area contributed by atoms with Crippen molar-refractivity contribution < 1.29 is 9.47 Å². The van der Waals surface area contributed by atoms with Crippen molar-refractivity contribution in [1.29, 1.82) is 0 Å². The number of ether oxygens (including phenoxy) is 2. The second kappa shape index (κ2) is 5.84. The van der Waals surface area contributed by atoms with Crippen molar-refractivity contribution in [1.82, 2.24) is 15.2 Å². The van der Waals surface area contributed by atoms with Gasteiger partial charge in [0.05, 0.1) is 19.8 Å². The number of nitrogens with zero attached hydrogens (tertiary/aromatic N) is 2. The predicted molar refractivity (Wildman–Crippen MR) is 65.5 cm³/mol. The van der Waals surface area contributed by atoms with E-state index in [0.29, 0.717) is 5.88 Å². The van der Waals surface area contributed by atoms with E-state index in [2.05, 4.69) is 15.2 Å². The lowest BCUT2D eigenvalue weighted by Gasteiger charge is -2.28. The van der Waals surface area contributed by atoms with Crippen LogP contribution in [0.3, 0.4) is 0 Å². The molecule has 5 heteroatoms. The molecule has 0 amide bonds. The summed E-state index contributed by atoms with van der Waals surface area (Å²) < 4.78 is 10.7. The van der Waals surface area contributed by atoms with Crippen molar-refractivity contribution in [3.63, 3.8) is 0 Å². The molecule has 2 heterocycles. The zero-order chi connectivity index (χ0) is 12.1. The molecule has 0 aliphatic carbocycles. The molecule has 17 heavy (non-hydrogen) atoms. The monoisotopic (exact) mass is 237 g/mol. The first-order valence-electron chi connectivity index (χ1n) is 5.84. The Morgan fingerprint density at radius 1 is 1.29 bits per heavy atom. The minimum absolute atomic E-state index is 0.655. The van der Waals surface area contributed by atoms with Gasteiger partial charge in [0.2, 0.25) is 5.88 Å². The molecule has 2 rings (SSSR count). The van der Waals surface area contributed by atoms with Gasteiger partial charge < -0.3 is 14.8 Å². The van der Waals surface area contributed by atoms with Crippen molar-refractivity contribution in [3.05, 3.63) is 17.8 Å². The minimum Gasteiger partial charge on any atom is -0.496 e. The summed E-state index contributed by atoms with van der Waals surface area (Å²) in [5.41, 5.74) is 1.03. The lowest BCUT2D eigenvalue weighted by Crippen LogP contribution is -2.43. The fraction of sp³-hybridized carbons (Fsp3) is 0.583. The highest BCUT2D eigenvalue weighted by atomic mass is 16.5. The summed E-state index contributed by atoms with van der Waals surface area (Å²) in [6, 6.07) is 1.88. The van der Waals surface area contributed by atoms with E-state index >= 15 is 0 Å². The van der Waals surface area contributed by atoms with Gasteiger partial charge in [0.1, 0.15) is 5.75 Å². The third-order valence-electron chi connectivity index (χ3n) is 2.98. The van der Waals surface area contributed by atoms with Crippen molar-refractivity contribution in [2.75, 3.05) is 40.4 Å². The van der Waals surface area contributed by atoms with Gasteiger partial charge in [-0.2, -0.15) is 0 Å². The van der Waals surface area contributed by atoms with Crippen LogP contribution in [-0.2, 0) is 6.54 Å². The van der Waals surface area contributed by atoms with E-state index in [9.17, 15) is 0 Å². The van der Waals surface area contributed by atoms with Gasteiger partial charge in [-0.3, -0.25) is 4.90 Å². The van der Waals surface area contributed by atoms with E-state index in [-0.39, 0.29) is 0 Å². The van der Waals surface area contributed by atoms with E-state index in [1.165, 1.54) is 0 Å². The summed E-state index contributed by atoms with van der Waals surface area (Å²) in [6.07, 6.45) is 1.71. The van der Waals surface area contributed by atoms with Gasteiger partial charge in [0.15, 0.2) is 0 Å². The summed E-state index contributed by atoms with van der Waals surface area (Å²) in [6.45, 7) is 4.97. The number of hydrogen-bond acceptors (Lipinski definition) is 5. The standard InChI is InChI=1S/C12H19N3O2/c1-16-11-3-4-14-12(17-2)10(11)9-15-7-5-13-6-8-15/h3-4,13H,5-9H2,1-2H3. The number of pyridine rings is 1. The van der Waals surface area contributed by atoms with Gasteiger partial charge in [-0.25, -0.2) is 4.98 Å². The van der Waals surface area contributed by atoms with Crippen molar-refractivity contribution in [2.45, 2.75) is 6.54 Å². The van der Waals surface area contributed by atoms with E-state index in [1.54, 1.807) is 20.4 Å². The first kappa shape index (κ1) is 12.1. The third kappa shape index (κ3) is 2.87. The van der Waals surface area contributed by atoms with Crippen LogP contribution < -0.4 is 14.8 Å². The number of hydrogen-bond donors (Lipinski definition) is 1. The van der Waals surface area contributed by atoms with Crippen LogP contribution in [0.2, 0.25) is 0 Å². The molecule has 94 valence electrons. The first-order chi connectivity index (χ1) is 8.35. The number of piperazine rings is 1. The third-order valence-corrected chi connectivity index (χ3v) is 2.98. The number of aromatic nitrogens is 1. The lowest BCUT2D eigenvalue weighted by molar-refractivity contribution is 0.225. The van der Waals surface area contributed by atoms with Crippen molar-refractivity contribution >= 4 is 0 Å². The average Bonchev–Trinajstić information content (AvgIpc) is 2.40. The first-order valence-corrected chi connectivity index (χ1v) is 5.84. The van der Waals surface area contributed by atoms with Crippen molar-refractivity contribution in [3.8, 4) is 11.6 Å². The molecular formula is C12H19N3O2. The Morgan fingerprint density at radius 3 is 2.71 bits per heavy atom. The van der Waals surface area contributed by atoms with E-state index < -0.39 is 0 Å². The molecule has 1 N–H and O–H groups in total. The molecule has 0 saturated carbocycles. The maximum Gasteiger partial charge on any atom is 0.221 e. The van der Waals surface area contributed by atoms with Crippen LogP contribution in [0.15, 0.2) is 12.3 Å². The number of rotatable bonds is 4. The largest absolute Gasteiger partial charge is 0.496 e. The second-order valence-electron chi connectivity index (χ2n) is 4.03. The zero-order valence-electron chi connectivity index (χ0n) is 10.4. The zero-order valence-corrected chi connectivity index (χ0v) is 10.4. The summed E-state index contributed by atoms with van der Waals surface area (Å²) in [4.78, 5) is 6.60. The number of nitrogens with one attached hydrogen (secondary N) is 1. The summed E-state index contributed by atoms with van der Waals surface area (Å²) in [5.74, 6) is 1.50. The van der Waals surface area contributed by atoms with Gasteiger partial charge in [-0.05, 0) is 6.07 Å². The van der Waals surface area contributed by atoms with Crippen LogP contribution in [-0.4, -0.2) is 50.3 Å². The SMILES string of the molecule is COc1ccnc(OC)c1CN1CCNCC1. The van der Waals surface area contributed by atoms with Gasteiger partial charge in [-0.1, -0.05) is 0 Å². The molecule has 1 aliphatic rings. The lowest BCUT2D eigenvalue weighted by atomic mass is 10.2. The maximum absolute atomic E-state index is 5.37. The Hall–Kier alpha value is -1.33. The molecule has 1 saturated heterocycles. The summed E-state index contributed by atoms with van der Waals surface area (Å²) in [7, 11) is 3.32. The smallest absolute Gasteiger partial charge is 0.221 e. The molecule has 0 atom stereocenters. The second-order valence-corrected chi connectivity index (χ2v) is 4.03. The topological polar surface area (TPSA) is 46.6 Å². The molecule has 5 nitrogen and oxygen atoms in total. The Bertz CT molecular complexity index is 343. The Labute approximate surface area is 102 Å². The Morgan fingerprint density at radius 2 is 2.06 bits per heavy atom. The summed E-state index contributed by atoms with van der Waals surface area (Å²) >= 11 is 0. The fourth-order valence-electron chi connectivity index (χ4n) is 2.06. The van der Waals surface area contributed by atoms with Crippen LogP contribution in [0.1, 0.15) is 5.56 Å². The highest BCUT2D eigenvalue weighted by molar-refractivity contribution is 5.39. The van der Waals surface area contributed by atoms with Gasteiger partial charge in [0, 0.05) is 38.9 Å². The molecule has 0 bridgehead atoms. The van der Waals surface area contributed by atoms with E-state index in [1.807, 2.05) is 6.07 Å². The van der Waals surface area contributed by atoms with Gasteiger partial charge in [0.25, 0.3) is 0 Å². The fourth-order valence-corrected chi connectivity index (χ4v) is 2.06. The molecule has 0 spiro atoms. The predicted octanol–water partition coefficient (Wildman–Crippen LogP) is 0.504. The van der Waals surface area contributed by atoms with Crippen molar-refractivity contribution in [2.24, 2.45) is 0 Å². The Kier molecular flexibility index (Phi) is 4.17. The molecule has 1 aromatic heterocycles. The molecular weight excluding hydrogens is 218 g/mol. The van der Waals surface area contributed by atoms with Gasteiger partial charge in [-0.15, -0.1) is 0 Å². The van der Waals surface area contributed by atoms with E-state index in [0.717, 1.165) is 44.0 Å². The van der Waals surface area contributed by atoms with Crippen LogP contribution >= 0.6 is 0 Å². The molecule has 1 aromatic rings. The van der Waals surface area contributed by atoms with Crippen LogP contribution in [0.4, 0.5) is 0 Å². The average molecular weight is 237 g/mol. The minimum atomic E-state index is 0.655. The van der Waals surface area contributed by atoms with Crippen LogP contribution in [0, 0.1) is 0 Å². The normalized spacial score (nSPS) is 16.8.